The highest BCUT2D eigenvalue weighted by Gasteiger charge is 2.22. The van der Waals surface area contributed by atoms with Crippen molar-refractivity contribution in [3.63, 3.8) is 0 Å². The van der Waals surface area contributed by atoms with E-state index in [2.05, 4.69) is 10.6 Å². The lowest BCUT2D eigenvalue weighted by Crippen LogP contribution is -2.19. The summed E-state index contributed by atoms with van der Waals surface area (Å²) in [6.45, 7) is 1.95. The van der Waals surface area contributed by atoms with E-state index in [1.54, 1.807) is 12.1 Å². The van der Waals surface area contributed by atoms with Crippen molar-refractivity contribution in [3.8, 4) is 0 Å². The number of nitrogens with one attached hydrogen (secondary N) is 2. The summed E-state index contributed by atoms with van der Waals surface area (Å²) in [5.74, 6) is -1.30. The average Bonchev–Trinajstić information content (AvgIpc) is 2.79. The summed E-state index contributed by atoms with van der Waals surface area (Å²) in [6.07, 6.45) is 1.22. The van der Waals surface area contributed by atoms with Crippen LogP contribution in [-0.4, -0.2) is 22.9 Å². The summed E-state index contributed by atoms with van der Waals surface area (Å²) < 4.78 is 0. The highest BCUT2D eigenvalue weighted by molar-refractivity contribution is 8.00. The van der Waals surface area contributed by atoms with Gasteiger partial charge in [-0.15, -0.1) is 11.8 Å². The highest BCUT2D eigenvalue weighted by atomic mass is 32.2. The molecule has 0 bridgehead atoms. The lowest BCUT2D eigenvalue weighted by atomic mass is 10.1. The lowest BCUT2D eigenvalue weighted by Gasteiger charge is -2.18. The van der Waals surface area contributed by atoms with Gasteiger partial charge in [0.25, 0.3) is 0 Å². The van der Waals surface area contributed by atoms with Crippen LogP contribution >= 0.6 is 11.8 Å². The number of carboxylic acid groups (broad SMARTS) is 1. The summed E-state index contributed by atoms with van der Waals surface area (Å²) >= 11 is 1.37. The molecule has 3 N–H and O–H groups in total. The number of amides is 2. The van der Waals surface area contributed by atoms with Gasteiger partial charge in [-0.3, -0.25) is 9.59 Å². The van der Waals surface area contributed by atoms with Crippen LogP contribution in [0.1, 0.15) is 40.9 Å². The van der Waals surface area contributed by atoms with Crippen LogP contribution in [0.2, 0.25) is 0 Å². The lowest BCUT2D eigenvalue weighted by molar-refractivity contribution is -0.116. The molecule has 3 aromatic carbocycles. The summed E-state index contributed by atoms with van der Waals surface area (Å²) in [5.41, 5.74) is 2.18. The molecule has 7 heteroatoms. The van der Waals surface area contributed by atoms with E-state index in [9.17, 15) is 14.4 Å². The molecule has 164 valence electrons. The predicted octanol–water partition coefficient (Wildman–Crippen LogP) is 5.60. The van der Waals surface area contributed by atoms with E-state index in [-0.39, 0.29) is 17.4 Å². The Morgan fingerprint density at radius 3 is 2.25 bits per heavy atom. The van der Waals surface area contributed by atoms with Crippen LogP contribution in [-0.2, 0) is 9.59 Å². The van der Waals surface area contributed by atoms with Gasteiger partial charge in [0.1, 0.15) is 5.25 Å². The van der Waals surface area contributed by atoms with E-state index < -0.39 is 11.2 Å². The second-order valence-electron chi connectivity index (χ2n) is 7.11. The van der Waals surface area contributed by atoms with Crippen molar-refractivity contribution in [1.29, 1.82) is 0 Å². The van der Waals surface area contributed by atoms with E-state index in [4.69, 9.17) is 5.11 Å². The fourth-order valence-corrected chi connectivity index (χ4v) is 4.12. The minimum atomic E-state index is -1.02. The van der Waals surface area contributed by atoms with Crippen LogP contribution < -0.4 is 10.6 Å². The van der Waals surface area contributed by atoms with Gasteiger partial charge in [0.2, 0.25) is 11.8 Å². The molecule has 0 heterocycles. The van der Waals surface area contributed by atoms with Gasteiger partial charge in [0.15, 0.2) is 0 Å². The van der Waals surface area contributed by atoms with E-state index in [1.165, 1.54) is 23.9 Å². The number of hydrogen-bond acceptors (Lipinski definition) is 4. The van der Waals surface area contributed by atoms with E-state index in [0.717, 1.165) is 16.9 Å². The third kappa shape index (κ3) is 6.46. The molecule has 0 aliphatic heterocycles. The molecule has 3 rings (SSSR count). The molecule has 2 amide bonds. The van der Waals surface area contributed by atoms with Crippen molar-refractivity contribution in [3.05, 3.63) is 90.0 Å². The van der Waals surface area contributed by atoms with Crippen LogP contribution in [0.4, 0.5) is 11.4 Å². The first kappa shape index (κ1) is 23.1. The first-order valence-corrected chi connectivity index (χ1v) is 11.1. The van der Waals surface area contributed by atoms with Gasteiger partial charge in [-0.1, -0.05) is 43.3 Å². The zero-order valence-corrected chi connectivity index (χ0v) is 18.4. The van der Waals surface area contributed by atoms with Crippen LogP contribution in [0.15, 0.2) is 83.8 Å². The molecule has 6 nitrogen and oxygen atoms in total. The molecule has 0 radical (unpaired) electrons. The Hall–Kier alpha value is -3.58. The number of carbonyl (C=O) groups is 3. The smallest absolute Gasteiger partial charge is 0.335 e. The average molecular weight is 449 g/mol. The van der Waals surface area contributed by atoms with Gasteiger partial charge in [0, 0.05) is 22.7 Å². The summed E-state index contributed by atoms with van der Waals surface area (Å²) in [6, 6.07) is 22.8. The first-order chi connectivity index (χ1) is 15.5. The number of rotatable bonds is 9. The summed E-state index contributed by atoms with van der Waals surface area (Å²) in [4.78, 5) is 37.0. The van der Waals surface area contributed by atoms with E-state index >= 15 is 0 Å². The molecule has 1 unspecified atom stereocenters. The maximum absolute atomic E-state index is 13.2. The van der Waals surface area contributed by atoms with Crippen molar-refractivity contribution in [1.82, 2.24) is 0 Å². The fraction of sp³-hybridized carbons (Fsp3) is 0.160. The van der Waals surface area contributed by atoms with Crippen molar-refractivity contribution >= 4 is 40.9 Å². The molecular weight excluding hydrogens is 424 g/mol. The Morgan fingerprint density at radius 2 is 1.59 bits per heavy atom. The number of anilines is 2. The molecule has 0 spiro atoms. The number of thioether (sulfide) groups is 1. The molecule has 0 saturated carbocycles. The second kappa shape index (κ2) is 11.2. The Labute approximate surface area is 191 Å². The van der Waals surface area contributed by atoms with Gasteiger partial charge in [-0.2, -0.15) is 0 Å². The van der Waals surface area contributed by atoms with Gasteiger partial charge < -0.3 is 15.7 Å². The molecule has 32 heavy (non-hydrogen) atoms. The summed E-state index contributed by atoms with van der Waals surface area (Å²) in [5, 5.41) is 14.3. The number of benzene rings is 3. The SMILES string of the molecule is CCCC(=O)Nc1cccc(SC(C(=O)Nc2ccc(C(=O)O)cc2)c2ccccc2)c1. The second-order valence-corrected chi connectivity index (χ2v) is 8.28. The predicted molar refractivity (Wildman–Crippen MR) is 127 cm³/mol. The topological polar surface area (TPSA) is 95.5 Å². The zero-order valence-electron chi connectivity index (χ0n) is 17.6. The summed E-state index contributed by atoms with van der Waals surface area (Å²) in [7, 11) is 0. The van der Waals surface area contributed by atoms with Crippen molar-refractivity contribution in [2.45, 2.75) is 29.9 Å². The van der Waals surface area contributed by atoms with Gasteiger partial charge in [-0.25, -0.2) is 4.79 Å². The Bertz CT molecular complexity index is 1080. The first-order valence-electron chi connectivity index (χ1n) is 10.2. The molecule has 0 aromatic heterocycles. The van der Waals surface area contributed by atoms with Crippen molar-refractivity contribution in [2.24, 2.45) is 0 Å². The van der Waals surface area contributed by atoms with Crippen LogP contribution in [0.25, 0.3) is 0 Å². The quantitative estimate of drug-likeness (QED) is 0.371. The highest BCUT2D eigenvalue weighted by Crippen LogP contribution is 2.37. The fourth-order valence-electron chi connectivity index (χ4n) is 3.04. The molecule has 0 aliphatic rings. The molecule has 3 aromatic rings. The number of aromatic carboxylic acids is 1. The zero-order chi connectivity index (χ0) is 22.9. The number of hydrogen-bond donors (Lipinski definition) is 3. The van der Waals surface area contributed by atoms with Gasteiger partial charge in [-0.05, 0) is 54.4 Å². The minimum Gasteiger partial charge on any atom is -0.478 e. The molecule has 1 atom stereocenters. The third-order valence-electron chi connectivity index (χ3n) is 4.59. The maximum atomic E-state index is 13.2. The van der Waals surface area contributed by atoms with Crippen molar-refractivity contribution < 1.29 is 19.5 Å². The van der Waals surface area contributed by atoms with Crippen LogP contribution in [0, 0.1) is 0 Å². The Morgan fingerprint density at radius 1 is 0.875 bits per heavy atom. The minimum absolute atomic E-state index is 0.0446. The Balaban J connectivity index is 1.80. The number of carbonyl (C=O) groups excluding carboxylic acids is 2. The molecule has 0 aliphatic carbocycles. The largest absolute Gasteiger partial charge is 0.478 e. The van der Waals surface area contributed by atoms with Crippen LogP contribution in [0.5, 0.6) is 0 Å². The third-order valence-corrected chi connectivity index (χ3v) is 5.84. The molecule has 0 fully saturated rings. The van der Waals surface area contributed by atoms with Gasteiger partial charge in [0.05, 0.1) is 5.56 Å². The standard InChI is InChI=1S/C25H24N2O4S/c1-2-7-22(28)26-20-10-6-11-21(16-20)32-23(17-8-4-3-5-9-17)24(29)27-19-14-12-18(13-15-19)25(30)31/h3-6,8-16,23H,2,7H2,1H3,(H,26,28)(H,27,29)(H,30,31). The van der Waals surface area contributed by atoms with E-state index in [1.807, 2.05) is 61.5 Å². The van der Waals surface area contributed by atoms with E-state index in [0.29, 0.717) is 17.8 Å². The number of carboxylic acids is 1. The Kier molecular flexibility index (Phi) is 8.05. The molecular formula is C25H24N2O4S. The van der Waals surface area contributed by atoms with Crippen LogP contribution in [0.3, 0.4) is 0 Å². The van der Waals surface area contributed by atoms with Gasteiger partial charge >= 0.3 is 5.97 Å². The maximum Gasteiger partial charge on any atom is 0.335 e. The molecule has 0 saturated heterocycles. The normalized spacial score (nSPS) is 11.4. The monoisotopic (exact) mass is 448 g/mol. The van der Waals surface area contributed by atoms with Crippen molar-refractivity contribution in [2.75, 3.05) is 10.6 Å².